The van der Waals surface area contributed by atoms with Crippen LogP contribution in [0.5, 0.6) is 5.75 Å². The van der Waals surface area contributed by atoms with Crippen molar-refractivity contribution in [2.24, 2.45) is 5.92 Å². The van der Waals surface area contributed by atoms with Crippen LogP contribution in [0.3, 0.4) is 0 Å². The third kappa shape index (κ3) is 3.24. The smallest absolute Gasteiger partial charge is 0.124 e. The summed E-state index contributed by atoms with van der Waals surface area (Å²) in [5.74, 6) is 1.55. The van der Waals surface area contributed by atoms with Gasteiger partial charge in [0.2, 0.25) is 0 Å². The van der Waals surface area contributed by atoms with Crippen molar-refractivity contribution in [2.45, 2.75) is 25.8 Å². The Morgan fingerprint density at radius 2 is 2.17 bits per heavy atom. The van der Waals surface area contributed by atoms with Gasteiger partial charge >= 0.3 is 0 Å². The molecule has 1 aromatic carbocycles. The van der Waals surface area contributed by atoms with Crippen LogP contribution >= 0.6 is 0 Å². The van der Waals surface area contributed by atoms with Gasteiger partial charge in [-0.1, -0.05) is 25.1 Å². The molecule has 2 unspecified atom stereocenters. The lowest BCUT2D eigenvalue weighted by Gasteiger charge is -2.32. The molecule has 1 aromatic rings. The minimum Gasteiger partial charge on any atom is -0.493 e. The number of nitrogens with one attached hydrogen (secondary N) is 1. The topological polar surface area (TPSA) is 30.5 Å². The van der Waals surface area contributed by atoms with Gasteiger partial charge < -0.3 is 14.8 Å². The van der Waals surface area contributed by atoms with Crippen molar-refractivity contribution in [1.29, 1.82) is 0 Å². The molecular formula is C15H23NO2. The Balaban J connectivity index is 1.90. The van der Waals surface area contributed by atoms with E-state index in [2.05, 4.69) is 30.4 Å². The lowest BCUT2D eigenvalue weighted by molar-refractivity contribution is 0.180. The van der Waals surface area contributed by atoms with Crippen LogP contribution in [0.1, 0.15) is 31.4 Å². The van der Waals surface area contributed by atoms with Gasteiger partial charge in [0, 0.05) is 31.2 Å². The lowest BCUT2D eigenvalue weighted by Crippen LogP contribution is -2.34. The van der Waals surface area contributed by atoms with Crippen LogP contribution in [-0.2, 0) is 4.74 Å². The Morgan fingerprint density at radius 1 is 1.33 bits per heavy atom. The monoisotopic (exact) mass is 249 g/mol. The molecule has 0 bridgehead atoms. The molecule has 1 aliphatic rings. The number of methoxy groups -OCH3 is 1. The van der Waals surface area contributed by atoms with Gasteiger partial charge in [0.25, 0.3) is 0 Å². The second-order valence-corrected chi connectivity index (χ2v) is 4.96. The maximum absolute atomic E-state index is 5.75. The maximum atomic E-state index is 5.75. The van der Waals surface area contributed by atoms with Gasteiger partial charge in [-0.3, -0.25) is 0 Å². The van der Waals surface area contributed by atoms with Crippen molar-refractivity contribution < 1.29 is 9.47 Å². The van der Waals surface area contributed by atoms with E-state index in [1.807, 2.05) is 6.07 Å². The first-order valence-corrected chi connectivity index (χ1v) is 6.77. The van der Waals surface area contributed by atoms with E-state index in [0.29, 0.717) is 12.0 Å². The summed E-state index contributed by atoms with van der Waals surface area (Å²) in [6.07, 6.45) is 2.27. The normalized spacial score (nSPS) is 22.3. The molecule has 2 atom stereocenters. The quantitative estimate of drug-likeness (QED) is 0.786. The van der Waals surface area contributed by atoms with E-state index in [1.165, 1.54) is 5.56 Å². The summed E-state index contributed by atoms with van der Waals surface area (Å²) in [5.41, 5.74) is 1.29. The van der Waals surface area contributed by atoms with Crippen LogP contribution in [0.15, 0.2) is 24.3 Å². The van der Waals surface area contributed by atoms with E-state index in [9.17, 15) is 0 Å². The summed E-state index contributed by atoms with van der Waals surface area (Å²) in [5, 5.41) is 3.65. The number of fused-ring (bicyclic) bond motifs is 1. The summed E-state index contributed by atoms with van der Waals surface area (Å²) >= 11 is 0. The number of benzene rings is 1. The molecule has 0 saturated heterocycles. The van der Waals surface area contributed by atoms with Crippen LogP contribution < -0.4 is 10.1 Å². The Morgan fingerprint density at radius 3 is 3.00 bits per heavy atom. The molecule has 100 valence electrons. The number of hydrogen-bond acceptors (Lipinski definition) is 3. The Labute approximate surface area is 109 Å². The number of ether oxygens (including phenoxy) is 2. The van der Waals surface area contributed by atoms with Gasteiger partial charge in [-0.2, -0.15) is 0 Å². The van der Waals surface area contributed by atoms with E-state index >= 15 is 0 Å². The third-order valence-electron chi connectivity index (χ3n) is 3.46. The van der Waals surface area contributed by atoms with Crippen molar-refractivity contribution in [2.75, 3.05) is 26.9 Å². The summed E-state index contributed by atoms with van der Waals surface area (Å²) in [4.78, 5) is 0. The van der Waals surface area contributed by atoms with Gasteiger partial charge in [-0.05, 0) is 25.5 Å². The fraction of sp³-hybridized carbons (Fsp3) is 0.600. The fourth-order valence-electron chi connectivity index (χ4n) is 2.43. The lowest BCUT2D eigenvalue weighted by atomic mass is 9.92. The van der Waals surface area contributed by atoms with Crippen LogP contribution in [0.25, 0.3) is 0 Å². The molecule has 0 aliphatic carbocycles. The van der Waals surface area contributed by atoms with E-state index in [0.717, 1.165) is 38.3 Å². The summed E-state index contributed by atoms with van der Waals surface area (Å²) in [6, 6.07) is 8.75. The van der Waals surface area contributed by atoms with Gasteiger partial charge in [0.05, 0.1) is 6.61 Å². The molecule has 0 spiro atoms. The molecule has 3 nitrogen and oxygen atoms in total. The molecule has 18 heavy (non-hydrogen) atoms. The Hall–Kier alpha value is -1.06. The molecule has 2 rings (SSSR count). The van der Waals surface area contributed by atoms with E-state index in [1.54, 1.807) is 7.11 Å². The zero-order valence-electron chi connectivity index (χ0n) is 11.3. The maximum Gasteiger partial charge on any atom is 0.124 e. The molecule has 0 saturated carbocycles. The molecule has 3 heteroatoms. The number of hydrogen-bond donors (Lipinski definition) is 1. The predicted octanol–water partition coefficient (Wildman–Crippen LogP) is 2.77. The summed E-state index contributed by atoms with van der Waals surface area (Å²) in [7, 11) is 1.75. The molecular weight excluding hydrogens is 226 g/mol. The van der Waals surface area contributed by atoms with Crippen molar-refractivity contribution in [3.63, 3.8) is 0 Å². The van der Waals surface area contributed by atoms with Crippen molar-refractivity contribution >= 4 is 0 Å². The molecule has 0 aromatic heterocycles. The van der Waals surface area contributed by atoms with Crippen LogP contribution in [0, 0.1) is 5.92 Å². The first-order valence-electron chi connectivity index (χ1n) is 6.77. The molecule has 0 amide bonds. The van der Waals surface area contributed by atoms with Crippen molar-refractivity contribution in [3.05, 3.63) is 29.8 Å². The molecule has 1 aliphatic heterocycles. The third-order valence-corrected chi connectivity index (χ3v) is 3.46. The zero-order valence-corrected chi connectivity index (χ0v) is 11.3. The Bertz CT molecular complexity index is 367. The van der Waals surface area contributed by atoms with E-state index in [4.69, 9.17) is 9.47 Å². The highest BCUT2D eigenvalue weighted by atomic mass is 16.5. The SMILES string of the molecule is COCCCCNC1c2ccccc2OCC1C. The number of rotatable bonds is 6. The van der Waals surface area contributed by atoms with Crippen LogP contribution in [0.2, 0.25) is 0 Å². The summed E-state index contributed by atoms with van der Waals surface area (Å²) in [6.45, 7) is 4.92. The van der Waals surface area contributed by atoms with E-state index in [-0.39, 0.29) is 0 Å². The highest BCUT2D eigenvalue weighted by Crippen LogP contribution is 2.34. The average molecular weight is 249 g/mol. The molecule has 0 fully saturated rings. The summed E-state index contributed by atoms with van der Waals surface area (Å²) < 4.78 is 10.8. The number of para-hydroxylation sites is 1. The average Bonchev–Trinajstić information content (AvgIpc) is 2.41. The minimum absolute atomic E-state index is 0.414. The highest BCUT2D eigenvalue weighted by Gasteiger charge is 2.26. The zero-order chi connectivity index (χ0) is 12.8. The van der Waals surface area contributed by atoms with Crippen LogP contribution in [0.4, 0.5) is 0 Å². The number of unbranched alkanes of at least 4 members (excludes halogenated alkanes) is 1. The first-order chi connectivity index (χ1) is 8.83. The fourth-order valence-corrected chi connectivity index (χ4v) is 2.43. The van der Waals surface area contributed by atoms with Crippen molar-refractivity contribution in [3.8, 4) is 5.75 Å². The van der Waals surface area contributed by atoms with Gasteiger partial charge in [0.1, 0.15) is 5.75 Å². The predicted molar refractivity (Wildman–Crippen MR) is 73.0 cm³/mol. The molecule has 0 radical (unpaired) electrons. The highest BCUT2D eigenvalue weighted by molar-refractivity contribution is 5.37. The largest absolute Gasteiger partial charge is 0.493 e. The van der Waals surface area contributed by atoms with E-state index < -0.39 is 0 Å². The van der Waals surface area contributed by atoms with Gasteiger partial charge in [0.15, 0.2) is 0 Å². The standard InChI is InChI=1S/C15H23NO2/c1-12-11-18-14-8-4-3-7-13(14)15(12)16-9-5-6-10-17-2/h3-4,7-8,12,15-16H,5-6,9-11H2,1-2H3. The second-order valence-electron chi connectivity index (χ2n) is 4.96. The van der Waals surface area contributed by atoms with Gasteiger partial charge in [-0.15, -0.1) is 0 Å². The first kappa shape index (κ1) is 13.4. The molecule has 1 N–H and O–H groups in total. The Kier molecular flexibility index (Phi) is 5.02. The van der Waals surface area contributed by atoms with Gasteiger partial charge in [-0.25, -0.2) is 0 Å². The second kappa shape index (κ2) is 6.76. The van der Waals surface area contributed by atoms with Crippen LogP contribution in [-0.4, -0.2) is 26.9 Å². The molecule has 1 heterocycles. The minimum atomic E-state index is 0.414. The van der Waals surface area contributed by atoms with Crippen molar-refractivity contribution in [1.82, 2.24) is 5.32 Å².